The molecule has 1 aromatic rings. The molecule has 1 aliphatic heterocycles. The van der Waals surface area contributed by atoms with Gasteiger partial charge in [0.1, 0.15) is 0 Å². The summed E-state index contributed by atoms with van der Waals surface area (Å²) in [6.07, 6.45) is 2.63. The van der Waals surface area contributed by atoms with Gasteiger partial charge in [-0.05, 0) is 57.4 Å². The Bertz CT molecular complexity index is 484. The van der Waals surface area contributed by atoms with E-state index in [4.69, 9.17) is 4.99 Å². The molecule has 1 atom stereocenters. The van der Waals surface area contributed by atoms with E-state index in [2.05, 4.69) is 58.7 Å². The molecule has 1 saturated heterocycles. The van der Waals surface area contributed by atoms with Crippen molar-refractivity contribution in [3.8, 4) is 0 Å². The normalized spacial score (nSPS) is 16.5. The van der Waals surface area contributed by atoms with Gasteiger partial charge in [0.15, 0.2) is 5.96 Å². The number of thiophene rings is 1. The van der Waals surface area contributed by atoms with E-state index < -0.39 is 0 Å². The highest BCUT2D eigenvalue weighted by molar-refractivity contribution is 14.0. The largest absolute Gasteiger partial charge is 0.357 e. The molecule has 0 amide bonds. The van der Waals surface area contributed by atoms with Crippen molar-refractivity contribution in [3.05, 3.63) is 22.4 Å². The van der Waals surface area contributed by atoms with Crippen molar-refractivity contribution >= 4 is 41.3 Å². The molecule has 1 fully saturated rings. The molecule has 1 aliphatic rings. The molecule has 0 saturated carbocycles. The monoisotopic (exact) mass is 493 g/mol. The molecule has 5 nitrogen and oxygen atoms in total. The van der Waals surface area contributed by atoms with Gasteiger partial charge in [0.25, 0.3) is 0 Å². The number of aliphatic imine (C=N–C) groups is 1. The molecule has 7 heteroatoms. The highest BCUT2D eigenvalue weighted by Gasteiger charge is 2.24. The molecule has 0 radical (unpaired) electrons. The fourth-order valence-corrected chi connectivity index (χ4v) is 4.16. The van der Waals surface area contributed by atoms with Crippen LogP contribution in [-0.4, -0.2) is 68.1 Å². The maximum absolute atomic E-state index is 4.90. The summed E-state index contributed by atoms with van der Waals surface area (Å²) in [6, 6.07) is 4.82. The van der Waals surface area contributed by atoms with Crippen LogP contribution in [-0.2, 0) is 0 Å². The SMILES string of the molecule is CCNC(=NCC(c1cccs1)N1CCCC1)NCCN(CC)CC.I. The minimum atomic E-state index is 0. The number of hydrogen-bond donors (Lipinski definition) is 2. The van der Waals surface area contributed by atoms with Crippen molar-refractivity contribution in [2.24, 2.45) is 4.99 Å². The van der Waals surface area contributed by atoms with Gasteiger partial charge in [0, 0.05) is 24.5 Å². The standard InChI is InChI=1S/C19H35N5S.HI/c1-4-20-19(21-11-14-23(5-2)6-3)22-16-17(18-10-9-15-25-18)24-12-7-8-13-24;/h9-10,15,17H,4-8,11-14,16H2,1-3H3,(H2,20,21,22);1H. The summed E-state index contributed by atoms with van der Waals surface area (Å²) in [5.41, 5.74) is 0. The highest BCUT2D eigenvalue weighted by Crippen LogP contribution is 2.28. The number of halogens is 1. The third-order valence-electron chi connectivity index (χ3n) is 4.83. The fourth-order valence-electron chi connectivity index (χ4n) is 3.31. The zero-order chi connectivity index (χ0) is 17.9. The lowest BCUT2D eigenvalue weighted by molar-refractivity contribution is 0.255. The number of guanidine groups is 1. The van der Waals surface area contributed by atoms with Crippen LogP contribution in [0.2, 0.25) is 0 Å². The number of likely N-dealkylation sites (tertiary alicyclic amines) is 1. The van der Waals surface area contributed by atoms with Crippen LogP contribution in [0.3, 0.4) is 0 Å². The first-order valence-electron chi connectivity index (χ1n) is 9.80. The Balaban J connectivity index is 0.00000338. The average molecular weight is 494 g/mol. The summed E-state index contributed by atoms with van der Waals surface area (Å²) in [4.78, 5) is 11.4. The molecule has 0 bridgehead atoms. The van der Waals surface area contributed by atoms with Gasteiger partial charge in [0.2, 0.25) is 0 Å². The van der Waals surface area contributed by atoms with Crippen molar-refractivity contribution in [1.29, 1.82) is 0 Å². The molecule has 1 aromatic heterocycles. The van der Waals surface area contributed by atoms with Gasteiger partial charge in [-0.2, -0.15) is 0 Å². The second-order valence-electron chi connectivity index (χ2n) is 6.45. The molecule has 2 N–H and O–H groups in total. The maximum Gasteiger partial charge on any atom is 0.191 e. The summed E-state index contributed by atoms with van der Waals surface area (Å²) >= 11 is 1.85. The van der Waals surface area contributed by atoms with Gasteiger partial charge in [-0.3, -0.25) is 9.89 Å². The predicted molar refractivity (Wildman–Crippen MR) is 125 cm³/mol. The van der Waals surface area contributed by atoms with Crippen LogP contribution >= 0.6 is 35.3 Å². The van der Waals surface area contributed by atoms with Gasteiger partial charge in [0.05, 0.1) is 12.6 Å². The molecule has 0 aliphatic carbocycles. The Hall–Kier alpha value is -0.380. The van der Waals surface area contributed by atoms with E-state index in [9.17, 15) is 0 Å². The Kier molecular flexibility index (Phi) is 12.5. The molecule has 0 aromatic carbocycles. The molecule has 0 spiro atoms. The van der Waals surface area contributed by atoms with Gasteiger partial charge in [-0.25, -0.2) is 0 Å². The maximum atomic E-state index is 4.90. The van der Waals surface area contributed by atoms with E-state index in [1.807, 2.05) is 11.3 Å². The molecule has 26 heavy (non-hydrogen) atoms. The van der Waals surface area contributed by atoms with E-state index in [0.29, 0.717) is 6.04 Å². The topological polar surface area (TPSA) is 42.9 Å². The summed E-state index contributed by atoms with van der Waals surface area (Å²) in [5.74, 6) is 0.940. The van der Waals surface area contributed by atoms with Gasteiger partial charge in [-0.15, -0.1) is 35.3 Å². The first kappa shape index (κ1) is 23.7. The smallest absolute Gasteiger partial charge is 0.191 e. The molecule has 1 unspecified atom stereocenters. The van der Waals surface area contributed by atoms with E-state index in [1.165, 1.54) is 30.8 Å². The third-order valence-corrected chi connectivity index (χ3v) is 5.81. The minimum absolute atomic E-state index is 0. The van der Waals surface area contributed by atoms with Crippen LogP contribution in [0.4, 0.5) is 0 Å². The number of hydrogen-bond acceptors (Lipinski definition) is 4. The van der Waals surface area contributed by atoms with Gasteiger partial charge >= 0.3 is 0 Å². The lowest BCUT2D eigenvalue weighted by Crippen LogP contribution is -2.42. The van der Waals surface area contributed by atoms with E-state index >= 15 is 0 Å². The third kappa shape index (κ3) is 7.70. The van der Waals surface area contributed by atoms with Crippen LogP contribution < -0.4 is 10.6 Å². The average Bonchev–Trinajstić information content (AvgIpc) is 3.33. The lowest BCUT2D eigenvalue weighted by atomic mass is 10.2. The summed E-state index contributed by atoms with van der Waals surface area (Å²) in [6.45, 7) is 14.8. The number of nitrogens with zero attached hydrogens (tertiary/aromatic N) is 3. The van der Waals surface area contributed by atoms with Gasteiger partial charge < -0.3 is 15.5 Å². The quantitative estimate of drug-likeness (QED) is 0.298. The molecule has 2 rings (SSSR count). The van der Waals surface area contributed by atoms with Crippen LogP contribution in [0.25, 0.3) is 0 Å². The fraction of sp³-hybridized carbons (Fsp3) is 0.737. The van der Waals surface area contributed by atoms with Crippen molar-refractivity contribution in [1.82, 2.24) is 20.4 Å². The van der Waals surface area contributed by atoms with E-state index in [0.717, 1.165) is 45.2 Å². The Morgan fingerprint density at radius 3 is 2.54 bits per heavy atom. The van der Waals surface area contributed by atoms with Crippen molar-refractivity contribution in [2.45, 2.75) is 39.7 Å². The van der Waals surface area contributed by atoms with E-state index in [-0.39, 0.29) is 24.0 Å². The zero-order valence-electron chi connectivity index (χ0n) is 16.5. The Morgan fingerprint density at radius 1 is 1.23 bits per heavy atom. The molecule has 2 heterocycles. The highest BCUT2D eigenvalue weighted by atomic mass is 127. The number of likely N-dealkylation sites (N-methyl/N-ethyl adjacent to an activating group) is 1. The first-order chi connectivity index (χ1) is 12.3. The van der Waals surface area contributed by atoms with Crippen molar-refractivity contribution in [2.75, 3.05) is 52.4 Å². The number of nitrogens with one attached hydrogen (secondary N) is 2. The summed E-state index contributed by atoms with van der Waals surface area (Å²) < 4.78 is 0. The lowest BCUT2D eigenvalue weighted by Gasteiger charge is -2.25. The second kappa shape index (κ2) is 13.7. The minimum Gasteiger partial charge on any atom is -0.357 e. The van der Waals surface area contributed by atoms with Crippen LogP contribution in [0.15, 0.2) is 22.5 Å². The molecular formula is C19H36IN5S. The predicted octanol–water partition coefficient (Wildman–Crippen LogP) is 3.40. The molecule has 150 valence electrons. The van der Waals surface area contributed by atoms with Crippen molar-refractivity contribution < 1.29 is 0 Å². The van der Waals surface area contributed by atoms with Crippen LogP contribution in [0.1, 0.15) is 44.5 Å². The summed E-state index contributed by atoms with van der Waals surface area (Å²) in [5, 5.41) is 9.06. The Morgan fingerprint density at radius 2 is 1.96 bits per heavy atom. The van der Waals surface area contributed by atoms with Crippen LogP contribution in [0, 0.1) is 0 Å². The molecular weight excluding hydrogens is 457 g/mol. The van der Waals surface area contributed by atoms with Crippen molar-refractivity contribution in [3.63, 3.8) is 0 Å². The van der Waals surface area contributed by atoms with E-state index in [1.54, 1.807) is 0 Å². The first-order valence-corrected chi connectivity index (χ1v) is 10.7. The van der Waals surface area contributed by atoms with Crippen LogP contribution in [0.5, 0.6) is 0 Å². The second-order valence-corrected chi connectivity index (χ2v) is 7.43. The Labute approximate surface area is 180 Å². The number of rotatable bonds is 10. The zero-order valence-corrected chi connectivity index (χ0v) is 19.7. The van der Waals surface area contributed by atoms with Gasteiger partial charge in [-0.1, -0.05) is 19.9 Å². The summed E-state index contributed by atoms with van der Waals surface area (Å²) in [7, 11) is 0.